The van der Waals surface area contributed by atoms with Crippen molar-refractivity contribution in [2.24, 2.45) is 5.73 Å². The van der Waals surface area contributed by atoms with Crippen molar-refractivity contribution >= 4 is 17.7 Å². The third-order valence-corrected chi connectivity index (χ3v) is 4.67. The van der Waals surface area contributed by atoms with Crippen molar-refractivity contribution in [1.29, 1.82) is 0 Å². The van der Waals surface area contributed by atoms with Gasteiger partial charge < -0.3 is 15.6 Å². The lowest BCUT2D eigenvalue weighted by atomic mass is 10.2. The number of hydrogen-bond donors (Lipinski definition) is 2. The molecule has 1 aromatic carbocycles. The third-order valence-electron chi connectivity index (χ3n) is 3.57. The first kappa shape index (κ1) is 17.6. The molecule has 5 nitrogen and oxygen atoms in total. The van der Waals surface area contributed by atoms with Crippen LogP contribution in [0, 0.1) is 13.8 Å². The minimum Gasteiger partial charge on any atom is -0.361 e. The van der Waals surface area contributed by atoms with Crippen molar-refractivity contribution in [3.8, 4) is 0 Å². The van der Waals surface area contributed by atoms with Crippen LogP contribution in [-0.4, -0.2) is 23.7 Å². The number of amides is 1. The number of nitrogens with one attached hydrogen (secondary N) is 1. The number of carbonyl (C=O) groups is 1. The Morgan fingerprint density at radius 1 is 1.39 bits per heavy atom. The quantitative estimate of drug-likeness (QED) is 0.761. The van der Waals surface area contributed by atoms with Crippen LogP contribution in [0.15, 0.2) is 33.7 Å². The van der Waals surface area contributed by atoms with E-state index in [0.717, 1.165) is 34.1 Å². The largest absolute Gasteiger partial charge is 0.361 e. The Balaban J connectivity index is 2.04. The van der Waals surface area contributed by atoms with E-state index in [1.165, 1.54) is 0 Å². The maximum Gasteiger partial charge on any atom is 0.252 e. The molecule has 2 aromatic rings. The van der Waals surface area contributed by atoms with Crippen molar-refractivity contribution < 1.29 is 9.32 Å². The summed E-state index contributed by atoms with van der Waals surface area (Å²) < 4.78 is 5.18. The molecule has 0 spiro atoms. The lowest BCUT2D eigenvalue weighted by Gasteiger charge is -2.11. The van der Waals surface area contributed by atoms with Gasteiger partial charge in [-0.2, -0.15) is 0 Å². The second-order valence-corrected chi connectivity index (χ2v) is 6.63. The Hall–Kier alpha value is -1.79. The second-order valence-electron chi connectivity index (χ2n) is 5.61. The normalized spacial score (nSPS) is 12.2. The highest BCUT2D eigenvalue weighted by molar-refractivity contribution is 7.98. The van der Waals surface area contributed by atoms with Crippen LogP contribution in [-0.2, 0) is 5.75 Å². The summed E-state index contributed by atoms with van der Waals surface area (Å²) in [5, 5.41) is 6.89. The highest BCUT2D eigenvalue weighted by Gasteiger charge is 2.14. The fourth-order valence-electron chi connectivity index (χ4n) is 2.15. The van der Waals surface area contributed by atoms with E-state index in [1.807, 2.05) is 45.0 Å². The van der Waals surface area contributed by atoms with Crippen LogP contribution in [0.25, 0.3) is 0 Å². The highest BCUT2D eigenvalue weighted by atomic mass is 32.2. The summed E-state index contributed by atoms with van der Waals surface area (Å²) in [6, 6.07) is 7.70. The molecule has 1 unspecified atom stereocenters. The molecule has 1 heterocycles. The Labute approximate surface area is 141 Å². The molecular weight excluding hydrogens is 310 g/mol. The maximum absolute atomic E-state index is 12.3. The van der Waals surface area contributed by atoms with E-state index in [1.54, 1.807) is 11.8 Å². The summed E-state index contributed by atoms with van der Waals surface area (Å²) in [4.78, 5) is 13.3. The molecule has 6 heteroatoms. The average molecular weight is 333 g/mol. The monoisotopic (exact) mass is 333 g/mol. The molecule has 2 rings (SSSR count). The molecule has 0 radical (unpaired) electrons. The van der Waals surface area contributed by atoms with Gasteiger partial charge in [-0.1, -0.05) is 17.3 Å². The van der Waals surface area contributed by atoms with E-state index in [0.29, 0.717) is 12.1 Å². The molecule has 0 saturated carbocycles. The number of thioether (sulfide) groups is 1. The zero-order chi connectivity index (χ0) is 16.8. The van der Waals surface area contributed by atoms with E-state index in [9.17, 15) is 4.79 Å². The number of nitrogens with two attached hydrogens (primary N) is 1. The number of hydrogen-bond acceptors (Lipinski definition) is 5. The van der Waals surface area contributed by atoms with E-state index in [4.69, 9.17) is 10.3 Å². The summed E-state index contributed by atoms with van der Waals surface area (Å²) in [5.41, 5.74) is 8.38. The Kier molecular flexibility index (Phi) is 6.24. The summed E-state index contributed by atoms with van der Waals surface area (Å²) in [6.07, 6.45) is 0.764. The van der Waals surface area contributed by atoms with Crippen molar-refractivity contribution in [3.05, 3.63) is 46.8 Å². The number of carbonyl (C=O) groups excluding carboxylic acids is 1. The molecule has 3 N–H and O–H groups in total. The molecule has 124 valence electrons. The van der Waals surface area contributed by atoms with Crippen LogP contribution in [0.1, 0.15) is 40.7 Å². The van der Waals surface area contributed by atoms with Gasteiger partial charge in [0, 0.05) is 28.8 Å². The van der Waals surface area contributed by atoms with E-state index in [-0.39, 0.29) is 11.9 Å². The number of aryl methyl sites for hydroxylation is 2. The van der Waals surface area contributed by atoms with Gasteiger partial charge in [0.15, 0.2) is 0 Å². The number of rotatable bonds is 7. The Bertz CT molecular complexity index is 648. The third kappa shape index (κ3) is 4.84. The van der Waals surface area contributed by atoms with Crippen molar-refractivity contribution in [1.82, 2.24) is 10.5 Å². The first-order chi connectivity index (χ1) is 11.0. The van der Waals surface area contributed by atoms with Crippen molar-refractivity contribution in [3.63, 3.8) is 0 Å². The fourth-order valence-corrected chi connectivity index (χ4v) is 3.35. The van der Waals surface area contributed by atoms with Crippen LogP contribution in [0.5, 0.6) is 0 Å². The SMILES string of the molecule is Cc1noc(C)c1CSc1ccccc1C(=O)NCCC(C)N. The molecule has 1 atom stereocenters. The number of nitrogens with zero attached hydrogens (tertiary/aromatic N) is 1. The zero-order valence-electron chi connectivity index (χ0n) is 13.8. The van der Waals surface area contributed by atoms with Crippen LogP contribution in [0.4, 0.5) is 0 Å². The Morgan fingerprint density at radius 3 is 2.78 bits per heavy atom. The molecule has 0 bridgehead atoms. The first-order valence-electron chi connectivity index (χ1n) is 7.66. The second kappa shape index (κ2) is 8.17. The minimum atomic E-state index is -0.0625. The predicted molar refractivity (Wildman–Crippen MR) is 92.6 cm³/mol. The van der Waals surface area contributed by atoms with Gasteiger partial charge in [0.25, 0.3) is 5.91 Å². The molecular formula is C17H23N3O2S. The molecule has 0 aliphatic carbocycles. The van der Waals surface area contributed by atoms with Gasteiger partial charge in [0.05, 0.1) is 11.3 Å². The Morgan fingerprint density at radius 2 is 2.13 bits per heavy atom. The lowest BCUT2D eigenvalue weighted by Crippen LogP contribution is -2.29. The molecule has 0 saturated heterocycles. The van der Waals surface area contributed by atoms with Gasteiger partial charge in [0.1, 0.15) is 5.76 Å². The van der Waals surface area contributed by atoms with E-state index in [2.05, 4.69) is 10.5 Å². The number of benzene rings is 1. The zero-order valence-corrected chi connectivity index (χ0v) is 14.6. The van der Waals surface area contributed by atoms with Crippen LogP contribution >= 0.6 is 11.8 Å². The fraction of sp³-hybridized carbons (Fsp3) is 0.412. The van der Waals surface area contributed by atoms with Gasteiger partial charge in [-0.15, -0.1) is 11.8 Å². The summed E-state index contributed by atoms with van der Waals surface area (Å²) >= 11 is 1.62. The average Bonchev–Trinajstić information content (AvgIpc) is 2.84. The first-order valence-corrected chi connectivity index (χ1v) is 8.65. The standard InChI is InChI=1S/C17H23N3O2S/c1-11(18)8-9-19-17(21)14-6-4-5-7-16(14)23-10-15-12(2)20-22-13(15)3/h4-7,11H,8-10,18H2,1-3H3,(H,19,21). The topological polar surface area (TPSA) is 81.2 Å². The van der Waals surface area contributed by atoms with Gasteiger partial charge >= 0.3 is 0 Å². The smallest absolute Gasteiger partial charge is 0.252 e. The van der Waals surface area contributed by atoms with Crippen molar-refractivity contribution in [2.75, 3.05) is 6.54 Å². The lowest BCUT2D eigenvalue weighted by molar-refractivity contribution is 0.0950. The van der Waals surface area contributed by atoms with Crippen molar-refractivity contribution in [2.45, 2.75) is 43.9 Å². The minimum absolute atomic E-state index is 0.0625. The molecule has 0 fully saturated rings. The van der Waals surface area contributed by atoms with E-state index >= 15 is 0 Å². The van der Waals surface area contributed by atoms with Crippen LogP contribution in [0.3, 0.4) is 0 Å². The maximum atomic E-state index is 12.3. The van der Waals surface area contributed by atoms with Gasteiger partial charge in [-0.25, -0.2) is 0 Å². The molecule has 1 aromatic heterocycles. The molecule has 0 aliphatic heterocycles. The van der Waals surface area contributed by atoms with Gasteiger partial charge in [-0.05, 0) is 39.3 Å². The summed E-state index contributed by atoms with van der Waals surface area (Å²) in [7, 11) is 0. The van der Waals surface area contributed by atoms with Gasteiger partial charge in [-0.3, -0.25) is 4.79 Å². The van der Waals surface area contributed by atoms with Gasteiger partial charge in [0.2, 0.25) is 0 Å². The molecule has 1 amide bonds. The molecule has 0 aliphatic rings. The van der Waals surface area contributed by atoms with Crippen LogP contribution in [0.2, 0.25) is 0 Å². The summed E-state index contributed by atoms with van der Waals surface area (Å²) in [6.45, 7) is 6.35. The molecule has 23 heavy (non-hydrogen) atoms. The number of aromatic nitrogens is 1. The predicted octanol–water partition coefficient (Wildman–Crippen LogP) is 3.05. The van der Waals surface area contributed by atoms with E-state index < -0.39 is 0 Å². The van der Waals surface area contributed by atoms with Crippen LogP contribution < -0.4 is 11.1 Å². The highest BCUT2D eigenvalue weighted by Crippen LogP contribution is 2.28. The summed E-state index contributed by atoms with van der Waals surface area (Å²) in [5.74, 6) is 1.49.